The van der Waals surface area contributed by atoms with Crippen molar-refractivity contribution >= 4 is 12.0 Å². The first-order chi connectivity index (χ1) is 10.2. The molecule has 6 heteroatoms. The summed E-state index contributed by atoms with van der Waals surface area (Å²) >= 11 is 0. The second-order valence-corrected chi connectivity index (χ2v) is 7.17. The molecule has 2 unspecified atom stereocenters. The molecule has 0 aromatic carbocycles. The minimum absolute atomic E-state index is 0.133. The van der Waals surface area contributed by atoms with Gasteiger partial charge in [-0.15, -0.1) is 0 Å². The van der Waals surface area contributed by atoms with Crippen molar-refractivity contribution in [2.75, 3.05) is 27.2 Å². The quantitative estimate of drug-likeness (QED) is 0.784. The fourth-order valence-corrected chi connectivity index (χ4v) is 2.67. The Kier molecular flexibility index (Phi) is 7.13. The molecule has 0 bridgehead atoms. The van der Waals surface area contributed by atoms with Crippen LogP contribution in [0.2, 0.25) is 0 Å². The molecule has 1 aliphatic rings. The van der Waals surface area contributed by atoms with Crippen molar-refractivity contribution in [3.8, 4) is 0 Å². The summed E-state index contributed by atoms with van der Waals surface area (Å²) < 4.78 is 5.25. The number of carbonyl (C=O) groups is 2. The monoisotopic (exact) mass is 313 g/mol. The van der Waals surface area contributed by atoms with Crippen LogP contribution in [0.25, 0.3) is 0 Å². The molecule has 128 valence electrons. The Labute approximate surface area is 134 Å². The summed E-state index contributed by atoms with van der Waals surface area (Å²) in [6, 6.07) is 0.366. The van der Waals surface area contributed by atoms with E-state index in [9.17, 15) is 9.59 Å². The summed E-state index contributed by atoms with van der Waals surface area (Å²) in [5, 5.41) is 6.30. The number of nitrogens with one attached hydrogen (secondary N) is 2. The van der Waals surface area contributed by atoms with Gasteiger partial charge in [0, 0.05) is 39.6 Å². The maximum Gasteiger partial charge on any atom is 0.407 e. The van der Waals surface area contributed by atoms with Crippen molar-refractivity contribution in [3.05, 3.63) is 0 Å². The first-order valence-electron chi connectivity index (χ1n) is 8.09. The highest BCUT2D eigenvalue weighted by atomic mass is 16.6. The van der Waals surface area contributed by atoms with Crippen LogP contribution in [-0.2, 0) is 9.53 Å². The summed E-state index contributed by atoms with van der Waals surface area (Å²) in [5.41, 5.74) is -0.468. The lowest BCUT2D eigenvalue weighted by atomic mass is 10.0. The Morgan fingerprint density at radius 2 is 1.91 bits per heavy atom. The topological polar surface area (TPSA) is 70.7 Å². The number of alkyl carbamates (subject to hydrolysis) is 1. The fraction of sp³-hybridized carbons (Fsp3) is 0.875. The lowest BCUT2D eigenvalue weighted by molar-refractivity contribution is -0.128. The predicted octanol–water partition coefficient (Wildman–Crippen LogP) is 1.75. The molecular weight excluding hydrogens is 282 g/mol. The third-order valence-electron chi connectivity index (χ3n) is 3.81. The van der Waals surface area contributed by atoms with Gasteiger partial charge in [-0.05, 0) is 39.5 Å². The standard InChI is InChI=1S/C16H31N3O3/c1-16(2,3)22-15(21)18-11-12-7-6-8-13(12)17-10-9-14(20)19(4)5/h12-13,17H,6-11H2,1-5H3,(H,18,21). The van der Waals surface area contributed by atoms with Crippen LogP contribution in [0, 0.1) is 5.92 Å². The van der Waals surface area contributed by atoms with Crippen LogP contribution >= 0.6 is 0 Å². The van der Waals surface area contributed by atoms with Crippen molar-refractivity contribution in [1.29, 1.82) is 0 Å². The van der Waals surface area contributed by atoms with Crippen LogP contribution in [0.4, 0.5) is 4.79 Å². The van der Waals surface area contributed by atoms with Gasteiger partial charge in [0.25, 0.3) is 0 Å². The molecule has 1 saturated carbocycles. The summed E-state index contributed by atoms with van der Waals surface area (Å²) in [5.74, 6) is 0.538. The van der Waals surface area contributed by atoms with Gasteiger partial charge in [0.1, 0.15) is 5.60 Å². The average molecular weight is 313 g/mol. The normalized spacial score (nSPS) is 21.5. The van der Waals surface area contributed by atoms with Crippen LogP contribution in [0.3, 0.4) is 0 Å². The van der Waals surface area contributed by atoms with E-state index in [1.165, 1.54) is 0 Å². The van der Waals surface area contributed by atoms with Crippen molar-refractivity contribution in [2.45, 2.75) is 58.1 Å². The molecule has 22 heavy (non-hydrogen) atoms. The van der Waals surface area contributed by atoms with Crippen molar-refractivity contribution in [3.63, 3.8) is 0 Å². The summed E-state index contributed by atoms with van der Waals surface area (Å²) in [7, 11) is 3.54. The van der Waals surface area contributed by atoms with E-state index in [4.69, 9.17) is 4.74 Å². The molecule has 0 radical (unpaired) electrons. The Balaban J connectivity index is 2.28. The maximum atomic E-state index is 11.7. The van der Waals surface area contributed by atoms with E-state index in [0.29, 0.717) is 31.5 Å². The highest BCUT2D eigenvalue weighted by Crippen LogP contribution is 2.25. The van der Waals surface area contributed by atoms with Gasteiger partial charge < -0.3 is 20.3 Å². The van der Waals surface area contributed by atoms with Gasteiger partial charge in [0.15, 0.2) is 0 Å². The van der Waals surface area contributed by atoms with E-state index in [1.807, 2.05) is 20.8 Å². The Bertz CT molecular complexity index is 377. The smallest absolute Gasteiger partial charge is 0.407 e. The number of carbonyl (C=O) groups excluding carboxylic acids is 2. The summed E-state index contributed by atoms with van der Waals surface area (Å²) in [6.07, 6.45) is 3.49. The second kappa shape index (κ2) is 8.36. The van der Waals surface area contributed by atoms with Crippen molar-refractivity contribution in [2.24, 2.45) is 5.92 Å². The molecular formula is C16H31N3O3. The van der Waals surface area contributed by atoms with E-state index in [0.717, 1.165) is 19.3 Å². The largest absolute Gasteiger partial charge is 0.444 e. The van der Waals surface area contributed by atoms with Crippen molar-refractivity contribution in [1.82, 2.24) is 15.5 Å². The number of rotatable bonds is 6. The maximum absolute atomic E-state index is 11.7. The minimum atomic E-state index is -0.468. The molecule has 0 aromatic rings. The number of hydrogen-bond acceptors (Lipinski definition) is 4. The molecule has 0 heterocycles. The van der Waals surface area contributed by atoms with Gasteiger partial charge in [0.2, 0.25) is 5.91 Å². The third kappa shape index (κ3) is 7.11. The lowest BCUT2D eigenvalue weighted by Crippen LogP contribution is -2.41. The zero-order valence-electron chi connectivity index (χ0n) is 14.6. The van der Waals surface area contributed by atoms with Crippen LogP contribution in [0.5, 0.6) is 0 Å². The minimum Gasteiger partial charge on any atom is -0.444 e. The van der Waals surface area contributed by atoms with Crippen LogP contribution in [0.1, 0.15) is 46.5 Å². The van der Waals surface area contributed by atoms with E-state index in [-0.39, 0.29) is 12.0 Å². The van der Waals surface area contributed by atoms with Crippen molar-refractivity contribution < 1.29 is 14.3 Å². The van der Waals surface area contributed by atoms with Crippen LogP contribution in [-0.4, -0.2) is 55.7 Å². The van der Waals surface area contributed by atoms with E-state index >= 15 is 0 Å². The number of ether oxygens (including phenoxy) is 1. The molecule has 6 nitrogen and oxygen atoms in total. The van der Waals surface area contributed by atoms with Crippen LogP contribution < -0.4 is 10.6 Å². The lowest BCUT2D eigenvalue weighted by Gasteiger charge is -2.24. The van der Waals surface area contributed by atoms with E-state index in [1.54, 1.807) is 19.0 Å². The molecule has 2 atom stereocenters. The fourth-order valence-electron chi connectivity index (χ4n) is 2.67. The number of nitrogens with zero attached hydrogens (tertiary/aromatic N) is 1. The predicted molar refractivity (Wildman–Crippen MR) is 86.7 cm³/mol. The molecule has 0 spiro atoms. The van der Waals surface area contributed by atoms with Gasteiger partial charge in [-0.2, -0.15) is 0 Å². The second-order valence-electron chi connectivity index (χ2n) is 7.17. The third-order valence-corrected chi connectivity index (χ3v) is 3.81. The zero-order valence-corrected chi connectivity index (χ0v) is 14.6. The molecule has 1 rings (SSSR count). The molecule has 1 fully saturated rings. The first-order valence-corrected chi connectivity index (χ1v) is 8.09. The molecule has 0 aromatic heterocycles. The van der Waals surface area contributed by atoms with Gasteiger partial charge in [-0.25, -0.2) is 4.79 Å². The van der Waals surface area contributed by atoms with Gasteiger partial charge in [-0.1, -0.05) is 6.42 Å². The average Bonchev–Trinajstić information content (AvgIpc) is 2.81. The Hall–Kier alpha value is -1.30. The van der Waals surface area contributed by atoms with Crippen LogP contribution in [0.15, 0.2) is 0 Å². The van der Waals surface area contributed by atoms with Gasteiger partial charge in [-0.3, -0.25) is 4.79 Å². The van der Waals surface area contributed by atoms with E-state index < -0.39 is 5.60 Å². The summed E-state index contributed by atoms with van der Waals surface area (Å²) in [4.78, 5) is 24.9. The van der Waals surface area contributed by atoms with Gasteiger partial charge >= 0.3 is 6.09 Å². The number of hydrogen-bond donors (Lipinski definition) is 2. The highest BCUT2D eigenvalue weighted by molar-refractivity contribution is 5.75. The van der Waals surface area contributed by atoms with E-state index in [2.05, 4.69) is 10.6 Å². The molecule has 1 aliphatic carbocycles. The zero-order chi connectivity index (χ0) is 16.8. The molecule has 2 amide bonds. The molecule has 2 N–H and O–H groups in total. The highest BCUT2D eigenvalue weighted by Gasteiger charge is 2.27. The van der Waals surface area contributed by atoms with Gasteiger partial charge in [0.05, 0.1) is 0 Å². The molecule has 0 aliphatic heterocycles. The first kappa shape index (κ1) is 18.7. The Morgan fingerprint density at radius 3 is 2.50 bits per heavy atom. The summed E-state index contributed by atoms with van der Waals surface area (Å²) in [6.45, 7) is 6.87. The Morgan fingerprint density at radius 1 is 1.23 bits per heavy atom. The number of amides is 2. The SMILES string of the molecule is CN(C)C(=O)CCNC1CCCC1CNC(=O)OC(C)(C)C. The molecule has 0 saturated heterocycles.